The van der Waals surface area contributed by atoms with Gasteiger partial charge in [0.15, 0.2) is 17.4 Å². The first-order valence-corrected chi connectivity index (χ1v) is 12.1. The van der Waals surface area contributed by atoms with Crippen molar-refractivity contribution in [2.24, 2.45) is 5.92 Å². The van der Waals surface area contributed by atoms with E-state index in [9.17, 15) is 18.7 Å². The molecule has 0 spiro atoms. The molecule has 1 aliphatic rings. The number of carbonyl (C=O) groups is 1. The Hall–Kier alpha value is -3.88. The molecule has 0 radical (unpaired) electrons. The molecule has 5 rings (SSSR count). The number of phenolic OH excluding ortho intramolecular Hbond substituents is 1. The van der Waals surface area contributed by atoms with Gasteiger partial charge in [-0.25, -0.2) is 18.7 Å². The molecule has 0 saturated heterocycles. The average molecular weight is 492 g/mol. The maximum absolute atomic E-state index is 13.6. The van der Waals surface area contributed by atoms with Crippen LogP contribution in [0.25, 0.3) is 22.0 Å². The van der Waals surface area contributed by atoms with E-state index in [0.717, 1.165) is 66.3 Å². The van der Waals surface area contributed by atoms with Crippen LogP contribution >= 0.6 is 0 Å². The van der Waals surface area contributed by atoms with E-state index in [4.69, 9.17) is 5.10 Å². The number of aromatic nitrogens is 4. The molecule has 1 saturated carbocycles. The summed E-state index contributed by atoms with van der Waals surface area (Å²) >= 11 is 0. The van der Waals surface area contributed by atoms with Gasteiger partial charge in [0, 0.05) is 41.6 Å². The molecular formula is C27H27F2N5O2. The standard InChI is InChI=1S/C27H27F2N5O2/c1-2-27(34-15-19-4-3-18(11-24(19)33-34)21-13-30-16-31-14-21)7-5-17(6-8-27)12-32-26(36)20-9-22(28)25(35)23(29)10-20/h3-4,9-11,13-17,35H,2,5-8,12H2,1H3,(H,32,36). The number of carbonyl (C=O) groups excluding carboxylic acids is 1. The molecule has 9 heteroatoms. The van der Waals surface area contributed by atoms with E-state index in [-0.39, 0.29) is 17.0 Å². The fourth-order valence-electron chi connectivity index (χ4n) is 5.09. The number of hydrogen-bond donors (Lipinski definition) is 2. The van der Waals surface area contributed by atoms with Crippen LogP contribution in [0.4, 0.5) is 8.78 Å². The van der Waals surface area contributed by atoms with Gasteiger partial charge in [-0.05, 0) is 61.8 Å². The normalized spacial score (nSPS) is 19.9. The molecule has 7 nitrogen and oxygen atoms in total. The molecule has 2 aromatic carbocycles. The zero-order valence-corrected chi connectivity index (χ0v) is 19.9. The highest BCUT2D eigenvalue weighted by atomic mass is 19.1. The van der Waals surface area contributed by atoms with E-state index in [1.165, 1.54) is 6.33 Å². The SMILES string of the molecule is CCC1(n2cc3ccc(-c4cncnc4)cc3n2)CCC(CNC(=O)c2cc(F)c(O)c(F)c2)CC1. The summed E-state index contributed by atoms with van der Waals surface area (Å²) in [6.45, 7) is 2.60. The van der Waals surface area contributed by atoms with Crippen LogP contribution in [0.1, 0.15) is 49.4 Å². The molecule has 36 heavy (non-hydrogen) atoms. The number of halogens is 2. The summed E-state index contributed by atoms with van der Waals surface area (Å²) in [4.78, 5) is 20.6. The van der Waals surface area contributed by atoms with E-state index in [1.54, 1.807) is 12.4 Å². The molecule has 0 aliphatic heterocycles. The Labute approximate surface area is 207 Å². The van der Waals surface area contributed by atoms with E-state index in [0.29, 0.717) is 6.54 Å². The lowest BCUT2D eigenvalue weighted by atomic mass is 9.75. The fourth-order valence-corrected chi connectivity index (χ4v) is 5.09. The lowest BCUT2D eigenvalue weighted by Crippen LogP contribution is -2.40. The van der Waals surface area contributed by atoms with Crippen molar-refractivity contribution in [2.75, 3.05) is 6.54 Å². The number of nitrogens with one attached hydrogen (secondary N) is 1. The van der Waals surface area contributed by atoms with Crippen LogP contribution in [0.5, 0.6) is 5.75 Å². The van der Waals surface area contributed by atoms with Gasteiger partial charge in [0.1, 0.15) is 6.33 Å². The molecule has 1 fully saturated rings. The highest BCUT2D eigenvalue weighted by Gasteiger charge is 2.36. The zero-order valence-electron chi connectivity index (χ0n) is 19.9. The van der Waals surface area contributed by atoms with Crippen LogP contribution in [-0.4, -0.2) is 37.3 Å². The Bertz CT molecular complexity index is 1380. The second kappa shape index (κ2) is 9.64. The van der Waals surface area contributed by atoms with E-state index < -0.39 is 23.3 Å². The monoisotopic (exact) mass is 491 g/mol. The van der Waals surface area contributed by atoms with Crippen molar-refractivity contribution < 1.29 is 18.7 Å². The third-order valence-electron chi connectivity index (χ3n) is 7.41. The number of nitrogens with zero attached hydrogens (tertiary/aromatic N) is 4. The van der Waals surface area contributed by atoms with Gasteiger partial charge in [0.2, 0.25) is 0 Å². The second-order valence-electron chi connectivity index (χ2n) is 9.49. The van der Waals surface area contributed by atoms with Gasteiger partial charge in [-0.1, -0.05) is 19.1 Å². The quantitative estimate of drug-likeness (QED) is 0.387. The van der Waals surface area contributed by atoms with Crippen LogP contribution in [-0.2, 0) is 5.54 Å². The van der Waals surface area contributed by atoms with Gasteiger partial charge >= 0.3 is 0 Å². The predicted molar refractivity (Wildman–Crippen MR) is 131 cm³/mol. The molecule has 1 aliphatic carbocycles. The van der Waals surface area contributed by atoms with E-state index in [2.05, 4.69) is 51.3 Å². The number of phenols is 1. The first-order chi connectivity index (χ1) is 17.4. The molecule has 4 aromatic rings. The van der Waals surface area contributed by atoms with Crippen LogP contribution in [0, 0.1) is 17.6 Å². The molecule has 2 aromatic heterocycles. The van der Waals surface area contributed by atoms with Crippen LogP contribution < -0.4 is 5.32 Å². The van der Waals surface area contributed by atoms with Crippen molar-refractivity contribution in [3.05, 3.63) is 72.4 Å². The molecule has 0 bridgehead atoms. The molecule has 2 heterocycles. The highest BCUT2D eigenvalue weighted by molar-refractivity contribution is 5.94. The van der Waals surface area contributed by atoms with Crippen molar-refractivity contribution in [3.63, 3.8) is 0 Å². The Kier molecular flexibility index (Phi) is 6.38. The van der Waals surface area contributed by atoms with Gasteiger partial charge in [-0.15, -0.1) is 0 Å². The van der Waals surface area contributed by atoms with Gasteiger partial charge in [0.25, 0.3) is 5.91 Å². The van der Waals surface area contributed by atoms with Gasteiger partial charge in [-0.2, -0.15) is 5.10 Å². The minimum atomic E-state index is -1.15. The van der Waals surface area contributed by atoms with Crippen molar-refractivity contribution in [1.82, 2.24) is 25.1 Å². The lowest BCUT2D eigenvalue weighted by Gasteiger charge is -2.40. The third-order valence-corrected chi connectivity index (χ3v) is 7.41. The molecular weight excluding hydrogens is 464 g/mol. The Morgan fingerprint density at radius 1 is 1.11 bits per heavy atom. The number of benzene rings is 2. The van der Waals surface area contributed by atoms with Gasteiger partial charge < -0.3 is 10.4 Å². The highest BCUT2D eigenvalue weighted by Crippen LogP contribution is 2.40. The molecule has 186 valence electrons. The van der Waals surface area contributed by atoms with E-state index in [1.807, 2.05) is 0 Å². The predicted octanol–water partition coefficient (Wildman–Crippen LogP) is 5.20. The summed E-state index contributed by atoms with van der Waals surface area (Å²) < 4.78 is 29.3. The van der Waals surface area contributed by atoms with Crippen molar-refractivity contribution >= 4 is 16.8 Å². The summed E-state index contributed by atoms with van der Waals surface area (Å²) in [5, 5.41) is 18.0. The summed E-state index contributed by atoms with van der Waals surface area (Å²) in [5.41, 5.74) is 2.64. The number of aromatic hydroxyl groups is 1. The number of fused-ring (bicyclic) bond motifs is 1. The maximum atomic E-state index is 13.6. The largest absolute Gasteiger partial charge is 0.503 e. The first kappa shape index (κ1) is 23.8. The minimum Gasteiger partial charge on any atom is -0.503 e. The summed E-state index contributed by atoms with van der Waals surface area (Å²) in [6, 6.07) is 7.87. The first-order valence-electron chi connectivity index (χ1n) is 12.1. The summed E-state index contributed by atoms with van der Waals surface area (Å²) in [6.07, 6.45) is 11.8. The molecule has 0 atom stereocenters. The number of hydrogen-bond acceptors (Lipinski definition) is 5. The Balaban J connectivity index is 1.25. The summed E-state index contributed by atoms with van der Waals surface area (Å²) in [7, 11) is 0. The van der Waals surface area contributed by atoms with Gasteiger partial charge in [-0.3, -0.25) is 9.48 Å². The fraction of sp³-hybridized carbons (Fsp3) is 0.333. The zero-order chi connectivity index (χ0) is 25.3. The van der Waals surface area contributed by atoms with Gasteiger partial charge in [0.05, 0.1) is 11.1 Å². The third kappa shape index (κ3) is 4.53. The second-order valence-corrected chi connectivity index (χ2v) is 9.49. The molecule has 2 N–H and O–H groups in total. The smallest absolute Gasteiger partial charge is 0.251 e. The van der Waals surface area contributed by atoms with E-state index >= 15 is 0 Å². The lowest BCUT2D eigenvalue weighted by molar-refractivity contribution is 0.0923. The number of amides is 1. The molecule has 0 unspecified atom stereocenters. The maximum Gasteiger partial charge on any atom is 0.251 e. The van der Waals surface area contributed by atoms with Crippen LogP contribution in [0.3, 0.4) is 0 Å². The topological polar surface area (TPSA) is 92.9 Å². The summed E-state index contributed by atoms with van der Waals surface area (Å²) in [5.74, 6) is -3.68. The molecule has 1 amide bonds. The van der Waals surface area contributed by atoms with Crippen molar-refractivity contribution in [3.8, 4) is 16.9 Å². The van der Waals surface area contributed by atoms with Crippen molar-refractivity contribution in [2.45, 2.75) is 44.6 Å². The Morgan fingerprint density at radius 3 is 2.47 bits per heavy atom. The average Bonchev–Trinajstić information content (AvgIpc) is 3.35. The van der Waals surface area contributed by atoms with Crippen LogP contribution in [0.2, 0.25) is 0 Å². The number of rotatable bonds is 6. The van der Waals surface area contributed by atoms with Crippen LogP contribution in [0.15, 0.2) is 55.2 Å². The Morgan fingerprint density at radius 2 is 1.81 bits per heavy atom. The van der Waals surface area contributed by atoms with Crippen molar-refractivity contribution in [1.29, 1.82) is 0 Å². The minimum absolute atomic E-state index is 0.0984.